The lowest BCUT2D eigenvalue weighted by atomic mass is 10.2. The Bertz CT molecular complexity index is 517. The number of nitrogens with zero attached hydrogens (tertiary/aromatic N) is 2. The van der Waals surface area contributed by atoms with Crippen LogP contribution in [0.1, 0.15) is 20.3 Å². The van der Waals surface area contributed by atoms with Crippen LogP contribution in [0.4, 0.5) is 5.69 Å². The van der Waals surface area contributed by atoms with Crippen LogP contribution in [0.2, 0.25) is 0 Å². The van der Waals surface area contributed by atoms with Gasteiger partial charge in [0.1, 0.15) is 11.5 Å². The average Bonchev–Trinajstić information content (AvgIpc) is 3.03. The summed E-state index contributed by atoms with van der Waals surface area (Å²) >= 11 is 0. The molecule has 0 spiro atoms. The molecule has 0 saturated carbocycles. The molecule has 0 radical (unpaired) electrons. The molecule has 1 aromatic carbocycles. The molecule has 1 aliphatic rings. The van der Waals surface area contributed by atoms with Crippen LogP contribution in [0.3, 0.4) is 0 Å². The van der Waals surface area contributed by atoms with Gasteiger partial charge in [-0.15, -0.1) is 24.0 Å². The van der Waals surface area contributed by atoms with Crippen LogP contribution in [0.15, 0.2) is 23.2 Å². The maximum atomic E-state index is 5.36. The first-order valence-corrected chi connectivity index (χ1v) is 8.23. The number of halogens is 1. The number of rotatable bonds is 6. The van der Waals surface area contributed by atoms with Crippen LogP contribution in [0.5, 0.6) is 11.5 Å². The van der Waals surface area contributed by atoms with Gasteiger partial charge in [-0.1, -0.05) is 0 Å². The third-order valence-corrected chi connectivity index (χ3v) is 3.89. The van der Waals surface area contributed by atoms with E-state index in [4.69, 9.17) is 9.47 Å². The molecule has 1 heterocycles. The second kappa shape index (κ2) is 10.5. The molecule has 1 unspecified atom stereocenters. The van der Waals surface area contributed by atoms with Crippen LogP contribution in [-0.2, 0) is 0 Å². The summed E-state index contributed by atoms with van der Waals surface area (Å²) in [5.41, 5.74) is 1.13. The van der Waals surface area contributed by atoms with E-state index in [2.05, 4.69) is 39.6 Å². The summed E-state index contributed by atoms with van der Waals surface area (Å²) < 4.78 is 10.7. The molecule has 0 bridgehead atoms. The second-order valence-electron chi connectivity index (χ2n) is 5.50. The standard InChI is InChI=1S/C17H28N4O2.HI/c1-5-18-17(19-6-2)20-13-7-8-21(12-13)14-9-15(22-3)11-16(10-14)23-4;/h9-11,13H,5-8,12H2,1-4H3,(H2,18,19,20);1H. The normalized spacial score (nSPS) is 17.2. The molecule has 1 saturated heterocycles. The summed E-state index contributed by atoms with van der Waals surface area (Å²) in [6.45, 7) is 7.71. The Morgan fingerprint density at radius 3 is 2.42 bits per heavy atom. The van der Waals surface area contributed by atoms with Gasteiger partial charge in [-0.05, 0) is 20.3 Å². The Balaban J connectivity index is 0.00000288. The smallest absolute Gasteiger partial charge is 0.191 e. The number of methoxy groups -OCH3 is 2. The molecule has 1 aliphatic heterocycles. The first-order chi connectivity index (χ1) is 11.2. The molecule has 136 valence electrons. The fourth-order valence-corrected chi connectivity index (χ4v) is 2.76. The summed E-state index contributed by atoms with van der Waals surface area (Å²) in [4.78, 5) is 6.81. The number of nitrogens with one attached hydrogen (secondary N) is 2. The van der Waals surface area contributed by atoms with Gasteiger partial charge in [-0.3, -0.25) is 4.99 Å². The lowest BCUT2D eigenvalue weighted by molar-refractivity contribution is 0.394. The maximum Gasteiger partial charge on any atom is 0.191 e. The number of benzene rings is 1. The molecule has 0 amide bonds. The quantitative estimate of drug-likeness (QED) is 0.398. The minimum atomic E-state index is 0. The van der Waals surface area contributed by atoms with E-state index in [-0.39, 0.29) is 24.0 Å². The van der Waals surface area contributed by atoms with Gasteiger partial charge >= 0.3 is 0 Å². The minimum absolute atomic E-state index is 0. The third-order valence-electron chi connectivity index (χ3n) is 3.89. The Hall–Kier alpha value is -1.38. The second-order valence-corrected chi connectivity index (χ2v) is 5.50. The highest BCUT2D eigenvalue weighted by Gasteiger charge is 2.24. The number of hydrogen-bond donors (Lipinski definition) is 2. The van der Waals surface area contributed by atoms with Crippen molar-refractivity contribution in [1.29, 1.82) is 0 Å². The molecule has 1 atom stereocenters. The van der Waals surface area contributed by atoms with E-state index in [0.717, 1.165) is 55.7 Å². The van der Waals surface area contributed by atoms with E-state index in [1.165, 1.54) is 0 Å². The van der Waals surface area contributed by atoms with Crippen molar-refractivity contribution < 1.29 is 9.47 Å². The fourth-order valence-electron chi connectivity index (χ4n) is 2.76. The number of hydrogen-bond acceptors (Lipinski definition) is 4. The molecule has 6 nitrogen and oxygen atoms in total. The van der Waals surface area contributed by atoms with Crippen LogP contribution >= 0.6 is 24.0 Å². The van der Waals surface area contributed by atoms with Crippen LogP contribution < -0.4 is 25.0 Å². The van der Waals surface area contributed by atoms with Crippen molar-refractivity contribution >= 4 is 35.6 Å². The lowest BCUT2D eigenvalue weighted by Crippen LogP contribution is -2.44. The zero-order valence-electron chi connectivity index (χ0n) is 15.0. The van der Waals surface area contributed by atoms with Gasteiger partial charge in [0.15, 0.2) is 5.96 Å². The Morgan fingerprint density at radius 1 is 1.21 bits per heavy atom. The van der Waals surface area contributed by atoms with E-state index in [1.807, 2.05) is 13.0 Å². The van der Waals surface area contributed by atoms with Gasteiger partial charge in [0.05, 0.1) is 14.2 Å². The van der Waals surface area contributed by atoms with E-state index in [1.54, 1.807) is 14.2 Å². The Morgan fingerprint density at radius 2 is 1.88 bits per heavy atom. The molecule has 2 rings (SSSR count). The molecule has 24 heavy (non-hydrogen) atoms. The zero-order chi connectivity index (χ0) is 16.7. The molecule has 1 fully saturated rings. The number of anilines is 1. The number of aliphatic imine (C=N–C) groups is 1. The summed E-state index contributed by atoms with van der Waals surface area (Å²) in [6.07, 6.45) is 1.08. The summed E-state index contributed by atoms with van der Waals surface area (Å²) in [5.74, 6) is 2.53. The number of guanidine groups is 1. The fraction of sp³-hybridized carbons (Fsp3) is 0.588. The minimum Gasteiger partial charge on any atom is -0.497 e. The van der Waals surface area contributed by atoms with Crippen molar-refractivity contribution in [2.75, 3.05) is 45.3 Å². The van der Waals surface area contributed by atoms with E-state index >= 15 is 0 Å². The van der Waals surface area contributed by atoms with Gasteiger partial charge in [0.2, 0.25) is 0 Å². The SMILES string of the molecule is CCN=C(NCC)NC1CCN(c2cc(OC)cc(OC)c2)C1.I. The predicted octanol–water partition coefficient (Wildman–Crippen LogP) is 2.48. The molecule has 0 aliphatic carbocycles. The van der Waals surface area contributed by atoms with Crippen molar-refractivity contribution in [3.05, 3.63) is 18.2 Å². The lowest BCUT2D eigenvalue weighted by Gasteiger charge is -2.21. The first-order valence-electron chi connectivity index (χ1n) is 8.23. The Kier molecular flexibility index (Phi) is 9.02. The van der Waals surface area contributed by atoms with Gasteiger partial charge in [0.25, 0.3) is 0 Å². The molecule has 0 aromatic heterocycles. The van der Waals surface area contributed by atoms with Crippen LogP contribution in [-0.4, -0.2) is 52.4 Å². The molecular formula is C17H29IN4O2. The summed E-state index contributed by atoms with van der Waals surface area (Å²) in [7, 11) is 3.35. The van der Waals surface area contributed by atoms with Gasteiger partial charge in [0, 0.05) is 56.1 Å². The van der Waals surface area contributed by atoms with Crippen LogP contribution in [0.25, 0.3) is 0 Å². The van der Waals surface area contributed by atoms with Gasteiger partial charge in [-0.2, -0.15) is 0 Å². The molecule has 1 aromatic rings. The van der Waals surface area contributed by atoms with Crippen molar-refractivity contribution in [2.45, 2.75) is 26.3 Å². The van der Waals surface area contributed by atoms with Crippen molar-refractivity contribution in [3.8, 4) is 11.5 Å². The average molecular weight is 448 g/mol. The monoisotopic (exact) mass is 448 g/mol. The number of ether oxygens (including phenoxy) is 2. The summed E-state index contributed by atoms with van der Waals surface area (Å²) in [6, 6.07) is 6.38. The van der Waals surface area contributed by atoms with Crippen molar-refractivity contribution in [1.82, 2.24) is 10.6 Å². The van der Waals surface area contributed by atoms with Gasteiger partial charge in [-0.25, -0.2) is 0 Å². The first kappa shape index (κ1) is 20.7. The van der Waals surface area contributed by atoms with Crippen molar-refractivity contribution in [2.24, 2.45) is 4.99 Å². The summed E-state index contributed by atoms with van der Waals surface area (Å²) in [5, 5.41) is 6.79. The maximum absolute atomic E-state index is 5.36. The topological polar surface area (TPSA) is 58.1 Å². The Labute approximate surface area is 162 Å². The molecule has 7 heteroatoms. The van der Waals surface area contributed by atoms with E-state index in [0.29, 0.717) is 6.04 Å². The predicted molar refractivity (Wildman–Crippen MR) is 110 cm³/mol. The molecule has 2 N–H and O–H groups in total. The van der Waals surface area contributed by atoms with Crippen molar-refractivity contribution in [3.63, 3.8) is 0 Å². The largest absolute Gasteiger partial charge is 0.497 e. The van der Waals surface area contributed by atoms with Crippen LogP contribution in [0, 0.1) is 0 Å². The zero-order valence-corrected chi connectivity index (χ0v) is 17.3. The van der Waals surface area contributed by atoms with E-state index in [9.17, 15) is 0 Å². The van der Waals surface area contributed by atoms with E-state index < -0.39 is 0 Å². The highest BCUT2D eigenvalue weighted by atomic mass is 127. The highest BCUT2D eigenvalue weighted by molar-refractivity contribution is 14.0. The van der Waals surface area contributed by atoms with Gasteiger partial charge < -0.3 is 25.0 Å². The highest BCUT2D eigenvalue weighted by Crippen LogP contribution is 2.30. The molecular weight excluding hydrogens is 419 g/mol. The third kappa shape index (κ3) is 5.61.